The Morgan fingerprint density at radius 1 is 1.06 bits per heavy atom. The van der Waals surface area contributed by atoms with E-state index in [0.717, 1.165) is 40.9 Å². The van der Waals surface area contributed by atoms with E-state index in [1.165, 1.54) is 4.90 Å². The largest absolute Gasteiger partial charge is 0.483 e. The second kappa shape index (κ2) is 12.3. The maximum absolute atomic E-state index is 13.6. The zero-order valence-electron chi connectivity index (χ0n) is 20.1. The van der Waals surface area contributed by atoms with Gasteiger partial charge in [0.1, 0.15) is 11.8 Å². The SMILES string of the molecule is CCC(C(=O)NC1CCCC1)N(Cc1c(Cl)cccc1Cl)C(=O)COc1ccc2ccccc2c1Br. The van der Waals surface area contributed by atoms with E-state index in [1.54, 1.807) is 18.2 Å². The molecule has 0 spiro atoms. The van der Waals surface area contributed by atoms with Crippen molar-refractivity contribution < 1.29 is 14.3 Å². The number of halogens is 3. The van der Waals surface area contributed by atoms with Gasteiger partial charge >= 0.3 is 0 Å². The van der Waals surface area contributed by atoms with Crippen LogP contribution in [0.1, 0.15) is 44.6 Å². The first kappa shape index (κ1) is 26.8. The molecule has 1 aliphatic carbocycles. The molecular weight excluding hydrogens is 563 g/mol. The molecule has 1 N–H and O–H groups in total. The van der Waals surface area contributed by atoms with E-state index in [1.807, 2.05) is 43.3 Å². The fourth-order valence-corrected chi connectivity index (χ4v) is 5.81. The number of rotatable bonds is 9. The zero-order chi connectivity index (χ0) is 25.7. The van der Waals surface area contributed by atoms with Gasteiger partial charge in [-0.15, -0.1) is 0 Å². The molecule has 0 radical (unpaired) electrons. The van der Waals surface area contributed by atoms with Crippen LogP contribution in [-0.4, -0.2) is 35.4 Å². The predicted molar refractivity (Wildman–Crippen MR) is 149 cm³/mol. The van der Waals surface area contributed by atoms with Crippen LogP contribution in [0.4, 0.5) is 0 Å². The predicted octanol–water partition coefficient (Wildman–Crippen LogP) is 7.15. The second-order valence-corrected chi connectivity index (χ2v) is 10.6. The first-order valence-electron chi connectivity index (χ1n) is 12.2. The smallest absolute Gasteiger partial charge is 0.261 e. The van der Waals surface area contributed by atoms with Crippen LogP contribution in [0.15, 0.2) is 59.1 Å². The number of carbonyl (C=O) groups is 2. The summed E-state index contributed by atoms with van der Waals surface area (Å²) in [6.07, 6.45) is 4.59. The van der Waals surface area contributed by atoms with Crippen molar-refractivity contribution in [1.82, 2.24) is 10.2 Å². The quantitative estimate of drug-likeness (QED) is 0.287. The third-order valence-electron chi connectivity index (χ3n) is 6.66. The summed E-state index contributed by atoms with van der Waals surface area (Å²) in [5, 5.41) is 6.09. The highest BCUT2D eigenvalue weighted by Crippen LogP contribution is 2.33. The third-order valence-corrected chi connectivity index (χ3v) is 8.18. The number of nitrogens with zero attached hydrogens (tertiary/aromatic N) is 1. The molecule has 0 saturated heterocycles. The van der Waals surface area contributed by atoms with Crippen molar-refractivity contribution >= 4 is 61.7 Å². The van der Waals surface area contributed by atoms with Gasteiger partial charge in [0.05, 0.1) is 4.47 Å². The van der Waals surface area contributed by atoms with Crippen molar-refractivity contribution in [3.05, 3.63) is 74.7 Å². The number of benzene rings is 3. The number of hydrogen-bond donors (Lipinski definition) is 1. The van der Waals surface area contributed by atoms with E-state index in [9.17, 15) is 9.59 Å². The molecule has 8 heteroatoms. The minimum Gasteiger partial charge on any atom is -0.483 e. The van der Waals surface area contributed by atoms with Crippen LogP contribution in [0.5, 0.6) is 5.75 Å². The Hall–Kier alpha value is -2.28. The molecule has 0 aliphatic heterocycles. The Balaban J connectivity index is 1.57. The highest BCUT2D eigenvalue weighted by Gasteiger charge is 2.31. The topological polar surface area (TPSA) is 58.6 Å². The van der Waals surface area contributed by atoms with Crippen LogP contribution in [-0.2, 0) is 16.1 Å². The lowest BCUT2D eigenvalue weighted by molar-refractivity contribution is -0.143. The number of carbonyl (C=O) groups excluding carboxylic acids is 2. The van der Waals surface area contributed by atoms with Gasteiger partial charge in [-0.2, -0.15) is 0 Å². The van der Waals surface area contributed by atoms with Gasteiger partial charge in [-0.3, -0.25) is 9.59 Å². The standard InChI is InChI=1S/C28H29BrCl2N2O3/c1-2-24(28(35)32-19-9-4-5-10-19)33(16-21-22(30)12-7-13-23(21)31)26(34)17-36-25-15-14-18-8-3-6-11-20(18)27(25)29/h3,6-8,11-15,19,24H,2,4-5,9-10,16-17H2,1H3,(H,32,35). The van der Waals surface area contributed by atoms with Crippen molar-refractivity contribution in [2.24, 2.45) is 0 Å². The molecule has 1 saturated carbocycles. The number of nitrogens with one attached hydrogen (secondary N) is 1. The Labute approximate surface area is 230 Å². The molecule has 1 atom stereocenters. The highest BCUT2D eigenvalue weighted by molar-refractivity contribution is 9.10. The Morgan fingerprint density at radius 3 is 2.44 bits per heavy atom. The van der Waals surface area contributed by atoms with E-state index < -0.39 is 6.04 Å². The van der Waals surface area contributed by atoms with Crippen LogP contribution in [0.25, 0.3) is 10.8 Å². The van der Waals surface area contributed by atoms with Gasteiger partial charge in [-0.05, 0) is 64.2 Å². The fourth-order valence-electron chi connectivity index (χ4n) is 4.69. The molecule has 1 unspecified atom stereocenters. The molecule has 1 fully saturated rings. The van der Waals surface area contributed by atoms with Crippen LogP contribution in [0, 0.1) is 0 Å². The molecule has 190 valence electrons. The third kappa shape index (κ3) is 6.16. The zero-order valence-corrected chi connectivity index (χ0v) is 23.2. The summed E-state index contributed by atoms with van der Waals surface area (Å²) in [4.78, 5) is 28.4. The summed E-state index contributed by atoms with van der Waals surface area (Å²) in [5.74, 6) is 0.0773. The van der Waals surface area contributed by atoms with E-state index >= 15 is 0 Å². The maximum Gasteiger partial charge on any atom is 0.261 e. The number of hydrogen-bond acceptors (Lipinski definition) is 3. The molecule has 1 aliphatic rings. The van der Waals surface area contributed by atoms with Crippen molar-refractivity contribution in [3.63, 3.8) is 0 Å². The Morgan fingerprint density at radius 2 is 1.75 bits per heavy atom. The van der Waals surface area contributed by atoms with E-state index in [2.05, 4.69) is 21.2 Å². The van der Waals surface area contributed by atoms with Gasteiger partial charge in [0, 0.05) is 28.2 Å². The Bertz CT molecular complexity index is 1230. The average molecular weight is 592 g/mol. The van der Waals surface area contributed by atoms with Crippen molar-refractivity contribution in [1.29, 1.82) is 0 Å². The van der Waals surface area contributed by atoms with Crippen LogP contribution >= 0.6 is 39.1 Å². The summed E-state index contributed by atoms with van der Waals surface area (Å²) in [6, 6.07) is 16.4. The van der Waals surface area contributed by atoms with Crippen LogP contribution in [0.3, 0.4) is 0 Å². The molecule has 3 aromatic carbocycles. The minimum absolute atomic E-state index is 0.107. The van der Waals surface area contributed by atoms with E-state index in [0.29, 0.717) is 27.8 Å². The van der Waals surface area contributed by atoms with Crippen molar-refractivity contribution in [3.8, 4) is 5.75 Å². The number of fused-ring (bicyclic) bond motifs is 1. The van der Waals surface area contributed by atoms with Gasteiger partial charge in [0.15, 0.2) is 6.61 Å². The van der Waals surface area contributed by atoms with Gasteiger partial charge in [0.25, 0.3) is 5.91 Å². The van der Waals surface area contributed by atoms with Gasteiger partial charge in [0.2, 0.25) is 5.91 Å². The first-order chi connectivity index (χ1) is 17.4. The number of amides is 2. The maximum atomic E-state index is 13.6. The second-order valence-electron chi connectivity index (χ2n) is 9.02. The molecule has 2 amide bonds. The normalized spacial score (nSPS) is 14.6. The Kier molecular flexibility index (Phi) is 9.15. The lowest BCUT2D eigenvalue weighted by Gasteiger charge is -2.32. The molecule has 0 bridgehead atoms. The molecular formula is C28H29BrCl2N2O3. The van der Waals surface area contributed by atoms with Gasteiger partial charge < -0.3 is 15.0 Å². The van der Waals surface area contributed by atoms with Gasteiger partial charge in [-0.1, -0.05) is 79.4 Å². The molecule has 4 rings (SSSR count). The summed E-state index contributed by atoms with van der Waals surface area (Å²) in [6.45, 7) is 1.77. The summed E-state index contributed by atoms with van der Waals surface area (Å²) in [7, 11) is 0. The van der Waals surface area contributed by atoms with Crippen LogP contribution < -0.4 is 10.1 Å². The average Bonchev–Trinajstić information content (AvgIpc) is 3.38. The molecule has 0 heterocycles. The van der Waals surface area contributed by atoms with Gasteiger partial charge in [-0.25, -0.2) is 0 Å². The monoisotopic (exact) mass is 590 g/mol. The van der Waals surface area contributed by atoms with Crippen molar-refractivity contribution in [2.75, 3.05) is 6.61 Å². The van der Waals surface area contributed by atoms with E-state index in [4.69, 9.17) is 27.9 Å². The summed E-state index contributed by atoms with van der Waals surface area (Å²) < 4.78 is 6.74. The molecule has 0 aromatic heterocycles. The van der Waals surface area contributed by atoms with E-state index in [-0.39, 0.29) is 31.0 Å². The molecule has 5 nitrogen and oxygen atoms in total. The molecule has 36 heavy (non-hydrogen) atoms. The summed E-state index contributed by atoms with van der Waals surface area (Å²) in [5.41, 5.74) is 0.605. The van der Waals surface area contributed by atoms with Crippen LogP contribution in [0.2, 0.25) is 10.0 Å². The molecule has 3 aromatic rings. The lowest BCUT2D eigenvalue weighted by atomic mass is 10.1. The first-order valence-corrected chi connectivity index (χ1v) is 13.8. The lowest BCUT2D eigenvalue weighted by Crippen LogP contribution is -2.52. The number of ether oxygens (including phenoxy) is 1. The fraction of sp³-hybridized carbons (Fsp3) is 0.357. The van der Waals surface area contributed by atoms with Crippen molar-refractivity contribution in [2.45, 2.75) is 57.7 Å². The minimum atomic E-state index is -0.672. The highest BCUT2D eigenvalue weighted by atomic mass is 79.9. The summed E-state index contributed by atoms with van der Waals surface area (Å²) >= 11 is 16.5.